The minimum absolute atomic E-state index is 0. The Morgan fingerprint density at radius 3 is 2.39 bits per heavy atom. The molecule has 2 saturated carbocycles. The Kier molecular flexibility index (Phi) is 5.20. The summed E-state index contributed by atoms with van der Waals surface area (Å²) in [5.41, 5.74) is 6.16. The number of aromatic nitrogens is 3. The van der Waals surface area contributed by atoms with E-state index >= 15 is 0 Å². The van der Waals surface area contributed by atoms with Gasteiger partial charge in [-0.05, 0) is 37.5 Å². The minimum Gasteiger partial charge on any atom is -0.327 e. The van der Waals surface area contributed by atoms with Crippen molar-refractivity contribution >= 4 is 24.3 Å². The van der Waals surface area contributed by atoms with Crippen LogP contribution in [0.25, 0.3) is 0 Å². The van der Waals surface area contributed by atoms with Gasteiger partial charge in [0.25, 0.3) is 0 Å². The van der Waals surface area contributed by atoms with Crippen LogP contribution in [0.3, 0.4) is 0 Å². The van der Waals surface area contributed by atoms with E-state index in [9.17, 15) is 18.0 Å². The van der Waals surface area contributed by atoms with Crippen LogP contribution in [0.4, 0.5) is 19.1 Å². The summed E-state index contributed by atoms with van der Waals surface area (Å²) in [5, 5.41) is 7.55. The first-order valence-corrected chi connectivity index (χ1v) is 7.40. The Morgan fingerprint density at radius 1 is 1.26 bits per heavy atom. The first-order chi connectivity index (χ1) is 10.3. The largest absolute Gasteiger partial charge is 0.451 e. The van der Waals surface area contributed by atoms with Gasteiger partial charge in [0.1, 0.15) is 0 Å². The lowest BCUT2D eigenvalue weighted by molar-refractivity contribution is -0.144. The molecular formula is C13H19ClF3N5O. The first-order valence-electron chi connectivity index (χ1n) is 7.40. The second kappa shape index (κ2) is 6.64. The average Bonchev–Trinajstić information content (AvgIpc) is 2.86. The number of aromatic amines is 1. The lowest BCUT2D eigenvalue weighted by Crippen LogP contribution is -2.48. The number of anilines is 1. The molecule has 2 aliphatic rings. The maximum atomic E-state index is 12.4. The lowest BCUT2D eigenvalue weighted by Gasteiger charge is -2.43. The van der Waals surface area contributed by atoms with Gasteiger partial charge in [-0.15, -0.1) is 17.5 Å². The molecule has 0 saturated heterocycles. The van der Waals surface area contributed by atoms with Gasteiger partial charge >= 0.3 is 6.18 Å². The third kappa shape index (κ3) is 3.77. The van der Waals surface area contributed by atoms with E-state index in [-0.39, 0.29) is 36.2 Å². The number of H-pyrrole nitrogens is 1. The van der Waals surface area contributed by atoms with Crippen molar-refractivity contribution in [3.63, 3.8) is 0 Å². The number of hydrogen-bond acceptors (Lipinski definition) is 4. The van der Waals surface area contributed by atoms with Gasteiger partial charge in [0.15, 0.2) is 0 Å². The van der Waals surface area contributed by atoms with Gasteiger partial charge in [-0.3, -0.25) is 15.2 Å². The molecule has 10 heteroatoms. The van der Waals surface area contributed by atoms with E-state index in [2.05, 4.69) is 15.4 Å². The molecule has 2 fully saturated rings. The number of rotatable bonds is 2. The molecule has 0 radical (unpaired) electrons. The topological polar surface area (TPSA) is 96.7 Å². The maximum Gasteiger partial charge on any atom is 0.451 e. The SMILES string of the molecule is Cl.NC1C2CCCC1CC(C(=O)Nc1n[nH]c(C(F)(F)F)n1)C2. The zero-order valence-electron chi connectivity index (χ0n) is 12.3. The summed E-state index contributed by atoms with van der Waals surface area (Å²) in [6, 6.07) is 0.137. The molecule has 1 aromatic rings. The number of carbonyl (C=O) groups is 1. The summed E-state index contributed by atoms with van der Waals surface area (Å²) in [6.45, 7) is 0. The Balaban J connectivity index is 0.00000192. The third-order valence-corrected chi connectivity index (χ3v) is 4.77. The number of carbonyl (C=O) groups excluding carboxylic acids is 1. The van der Waals surface area contributed by atoms with Crippen molar-refractivity contribution in [3.8, 4) is 0 Å². The second-order valence-corrected chi connectivity index (χ2v) is 6.19. The number of hydrogen-bond donors (Lipinski definition) is 3. The van der Waals surface area contributed by atoms with E-state index in [1.54, 1.807) is 5.10 Å². The molecule has 3 rings (SSSR count). The molecule has 6 nitrogen and oxygen atoms in total. The van der Waals surface area contributed by atoms with Crippen LogP contribution in [-0.4, -0.2) is 27.1 Å². The van der Waals surface area contributed by atoms with Gasteiger partial charge in [0.2, 0.25) is 17.7 Å². The Hall–Kier alpha value is -1.35. The highest BCUT2D eigenvalue weighted by Crippen LogP contribution is 2.42. The molecule has 4 N–H and O–H groups in total. The highest BCUT2D eigenvalue weighted by Gasteiger charge is 2.41. The van der Waals surface area contributed by atoms with Crippen molar-refractivity contribution in [1.29, 1.82) is 0 Å². The quantitative estimate of drug-likeness (QED) is 0.760. The molecule has 130 valence electrons. The van der Waals surface area contributed by atoms with Crippen molar-refractivity contribution in [2.45, 2.75) is 44.3 Å². The molecule has 1 aromatic heterocycles. The van der Waals surface area contributed by atoms with Crippen molar-refractivity contribution < 1.29 is 18.0 Å². The van der Waals surface area contributed by atoms with Crippen molar-refractivity contribution in [2.24, 2.45) is 23.5 Å². The summed E-state index contributed by atoms with van der Waals surface area (Å²) < 4.78 is 37.3. The number of amides is 1. The van der Waals surface area contributed by atoms with Crippen molar-refractivity contribution in [1.82, 2.24) is 15.2 Å². The van der Waals surface area contributed by atoms with Crippen LogP contribution in [0, 0.1) is 17.8 Å². The maximum absolute atomic E-state index is 12.4. The average molecular weight is 354 g/mol. The predicted octanol–water partition coefficient (Wildman–Crippen LogP) is 2.34. The smallest absolute Gasteiger partial charge is 0.327 e. The van der Waals surface area contributed by atoms with E-state index in [4.69, 9.17) is 5.73 Å². The van der Waals surface area contributed by atoms with Crippen LogP contribution in [0.1, 0.15) is 37.9 Å². The van der Waals surface area contributed by atoms with Crippen LogP contribution in [0.15, 0.2) is 0 Å². The van der Waals surface area contributed by atoms with Crippen LogP contribution in [0.2, 0.25) is 0 Å². The summed E-state index contributed by atoms with van der Waals surface area (Å²) >= 11 is 0. The van der Waals surface area contributed by atoms with Gasteiger partial charge < -0.3 is 5.73 Å². The summed E-state index contributed by atoms with van der Waals surface area (Å²) in [6.07, 6.45) is -0.0847. The number of alkyl halides is 3. The third-order valence-electron chi connectivity index (χ3n) is 4.77. The summed E-state index contributed by atoms with van der Waals surface area (Å²) in [5.74, 6) is -1.47. The molecule has 2 bridgehead atoms. The fraction of sp³-hybridized carbons (Fsp3) is 0.769. The molecule has 0 spiro atoms. The zero-order chi connectivity index (χ0) is 15.9. The predicted molar refractivity (Wildman–Crippen MR) is 78.8 cm³/mol. The van der Waals surface area contributed by atoms with Gasteiger partial charge in [0, 0.05) is 12.0 Å². The minimum atomic E-state index is -4.61. The highest BCUT2D eigenvalue weighted by molar-refractivity contribution is 5.91. The number of halogens is 4. The zero-order valence-corrected chi connectivity index (χ0v) is 13.1. The van der Waals surface area contributed by atoms with Gasteiger partial charge in [-0.2, -0.15) is 18.2 Å². The molecule has 23 heavy (non-hydrogen) atoms. The van der Waals surface area contributed by atoms with Crippen molar-refractivity contribution in [2.75, 3.05) is 5.32 Å². The Morgan fingerprint density at radius 2 is 1.87 bits per heavy atom. The fourth-order valence-corrected chi connectivity index (χ4v) is 3.66. The van der Waals surface area contributed by atoms with E-state index in [0.29, 0.717) is 24.7 Å². The lowest BCUT2D eigenvalue weighted by atomic mass is 9.65. The summed E-state index contributed by atoms with van der Waals surface area (Å²) in [4.78, 5) is 15.5. The number of nitrogens with one attached hydrogen (secondary N) is 2. The first kappa shape index (κ1) is 18.0. The Bertz CT molecular complexity index is 550. The van der Waals surface area contributed by atoms with E-state index in [0.717, 1.165) is 19.3 Å². The second-order valence-electron chi connectivity index (χ2n) is 6.19. The monoisotopic (exact) mass is 353 g/mol. The molecular weight excluding hydrogens is 335 g/mol. The van der Waals surface area contributed by atoms with Crippen LogP contribution < -0.4 is 11.1 Å². The highest BCUT2D eigenvalue weighted by atomic mass is 35.5. The molecule has 1 heterocycles. The van der Waals surface area contributed by atoms with Gasteiger partial charge in [0.05, 0.1) is 0 Å². The van der Waals surface area contributed by atoms with E-state index in [1.165, 1.54) is 0 Å². The standard InChI is InChI=1S/C13H18F3N5O.ClH/c14-13(15,16)11-19-12(21-20-11)18-10(22)8-4-6-2-1-3-7(5-8)9(6)17;/h6-9H,1-5,17H2,(H2,18,19,20,21,22);1H. The van der Waals surface area contributed by atoms with E-state index in [1.807, 2.05) is 0 Å². The van der Waals surface area contributed by atoms with Crippen LogP contribution in [-0.2, 0) is 11.0 Å². The van der Waals surface area contributed by atoms with Crippen LogP contribution in [0.5, 0.6) is 0 Å². The number of fused-ring (bicyclic) bond motifs is 2. The molecule has 2 atom stereocenters. The Labute approximate surface area is 137 Å². The molecule has 2 unspecified atom stereocenters. The summed E-state index contributed by atoms with van der Waals surface area (Å²) in [7, 11) is 0. The van der Waals surface area contributed by atoms with Crippen LogP contribution >= 0.6 is 12.4 Å². The fourth-order valence-electron chi connectivity index (χ4n) is 3.66. The van der Waals surface area contributed by atoms with Gasteiger partial charge in [-0.1, -0.05) is 6.42 Å². The molecule has 0 aliphatic heterocycles. The number of nitrogens with two attached hydrogens (primary N) is 1. The normalized spacial score (nSPS) is 30.4. The van der Waals surface area contributed by atoms with Crippen molar-refractivity contribution in [3.05, 3.63) is 5.82 Å². The molecule has 1 amide bonds. The molecule has 2 aliphatic carbocycles. The van der Waals surface area contributed by atoms with E-state index < -0.39 is 12.0 Å². The van der Waals surface area contributed by atoms with Gasteiger partial charge in [-0.25, -0.2) is 0 Å². The molecule has 0 aromatic carbocycles. The number of nitrogens with zero attached hydrogens (tertiary/aromatic N) is 2.